The van der Waals surface area contributed by atoms with E-state index >= 15 is 0 Å². The summed E-state index contributed by atoms with van der Waals surface area (Å²) < 4.78 is 5.36. The first kappa shape index (κ1) is 18.9. The molecule has 0 bridgehead atoms. The number of thiazole rings is 1. The number of rotatable bonds is 5. The molecule has 0 fully saturated rings. The molecule has 7 nitrogen and oxygen atoms in total. The number of benzene rings is 1. The van der Waals surface area contributed by atoms with E-state index in [4.69, 9.17) is 4.42 Å². The summed E-state index contributed by atoms with van der Waals surface area (Å²) in [5.74, 6) is -1.08. The first-order chi connectivity index (χ1) is 13.9. The molecule has 3 heterocycles. The minimum atomic E-state index is -0.817. The molecule has 0 saturated carbocycles. The monoisotopic (exact) mass is 410 g/mol. The van der Waals surface area contributed by atoms with Gasteiger partial charge in [0, 0.05) is 0 Å². The fraction of sp³-hybridized carbons (Fsp3) is 0.190. The van der Waals surface area contributed by atoms with Crippen molar-refractivity contribution >= 4 is 23.0 Å². The van der Waals surface area contributed by atoms with Crippen LogP contribution in [0.4, 0.5) is 0 Å². The van der Waals surface area contributed by atoms with Gasteiger partial charge in [0.15, 0.2) is 5.76 Å². The standard InChI is InChI=1S/C21H18N2O5S/c1-11-20(29-12(2)22-11)18(25)16-17(13-5-7-14(24)8-6-13)23(21(27)19(16)26)10-15-4-3-9-28-15/h3-9,17,24,26H,10H2,1-2H3. The van der Waals surface area contributed by atoms with Gasteiger partial charge in [-0.3, -0.25) is 9.59 Å². The SMILES string of the molecule is Cc1nc(C)c(C(=O)C2=C(O)C(=O)N(Cc3ccco3)C2c2ccc(O)cc2)s1. The molecule has 2 N–H and O–H groups in total. The fourth-order valence-electron chi connectivity index (χ4n) is 3.49. The second kappa shape index (κ2) is 7.21. The van der Waals surface area contributed by atoms with E-state index in [1.54, 1.807) is 38.1 Å². The predicted octanol–water partition coefficient (Wildman–Crippen LogP) is 3.84. The third-order valence-electron chi connectivity index (χ3n) is 4.77. The number of Topliss-reactive ketones (excluding diaryl/α,β-unsaturated/α-hetero) is 1. The summed E-state index contributed by atoms with van der Waals surface area (Å²) in [5.41, 5.74) is 1.15. The molecule has 148 valence electrons. The van der Waals surface area contributed by atoms with Gasteiger partial charge in [0.25, 0.3) is 5.91 Å². The van der Waals surface area contributed by atoms with Gasteiger partial charge in [-0.15, -0.1) is 11.3 Å². The highest BCUT2D eigenvalue weighted by Gasteiger charge is 2.44. The summed E-state index contributed by atoms with van der Waals surface area (Å²) in [6.45, 7) is 3.60. The van der Waals surface area contributed by atoms with E-state index in [0.717, 1.165) is 5.01 Å². The van der Waals surface area contributed by atoms with Crippen LogP contribution in [-0.2, 0) is 11.3 Å². The van der Waals surface area contributed by atoms with Gasteiger partial charge >= 0.3 is 0 Å². The number of aliphatic hydroxyl groups is 1. The average molecular weight is 410 g/mol. The highest BCUT2D eigenvalue weighted by atomic mass is 32.1. The first-order valence-corrected chi connectivity index (χ1v) is 9.72. The predicted molar refractivity (Wildman–Crippen MR) is 106 cm³/mol. The molecule has 1 aliphatic rings. The summed E-state index contributed by atoms with van der Waals surface area (Å²) in [7, 11) is 0. The Kier molecular flexibility index (Phi) is 4.71. The molecule has 4 rings (SSSR count). The Balaban J connectivity index is 1.82. The van der Waals surface area contributed by atoms with Crippen molar-refractivity contribution in [1.82, 2.24) is 9.88 Å². The maximum atomic E-state index is 13.3. The summed E-state index contributed by atoms with van der Waals surface area (Å²) in [6, 6.07) is 8.80. The fourth-order valence-corrected chi connectivity index (χ4v) is 4.36. The van der Waals surface area contributed by atoms with Gasteiger partial charge in [-0.05, 0) is 43.7 Å². The maximum absolute atomic E-state index is 13.3. The minimum Gasteiger partial charge on any atom is -0.508 e. The Bertz CT molecular complexity index is 1110. The van der Waals surface area contributed by atoms with Crippen LogP contribution in [0.5, 0.6) is 5.75 Å². The Labute approximate surface area is 170 Å². The number of hydrogen-bond donors (Lipinski definition) is 2. The lowest BCUT2D eigenvalue weighted by Gasteiger charge is -2.26. The molecule has 2 aromatic heterocycles. The Hall–Kier alpha value is -3.39. The van der Waals surface area contributed by atoms with E-state index < -0.39 is 23.5 Å². The van der Waals surface area contributed by atoms with Crippen molar-refractivity contribution in [1.29, 1.82) is 0 Å². The number of phenolic OH excluding ortho intramolecular Hbond substituents is 1. The molecular weight excluding hydrogens is 392 g/mol. The molecule has 3 aromatic rings. The van der Waals surface area contributed by atoms with Crippen LogP contribution in [-0.4, -0.2) is 31.8 Å². The molecule has 0 spiro atoms. The van der Waals surface area contributed by atoms with Gasteiger partial charge in [-0.1, -0.05) is 12.1 Å². The molecule has 29 heavy (non-hydrogen) atoms. The molecule has 0 saturated heterocycles. The lowest BCUT2D eigenvalue weighted by Crippen LogP contribution is -2.30. The maximum Gasteiger partial charge on any atom is 0.290 e. The highest BCUT2D eigenvalue weighted by Crippen LogP contribution is 2.41. The molecule has 0 aliphatic carbocycles. The summed E-state index contributed by atoms with van der Waals surface area (Å²) in [4.78, 5) is 32.3. The zero-order chi connectivity index (χ0) is 20.7. The van der Waals surface area contributed by atoms with Crippen molar-refractivity contribution in [3.8, 4) is 5.75 Å². The number of amides is 1. The molecule has 1 atom stereocenters. The van der Waals surface area contributed by atoms with E-state index in [2.05, 4.69) is 4.98 Å². The number of furan rings is 1. The van der Waals surface area contributed by atoms with Crippen LogP contribution in [0.2, 0.25) is 0 Å². The van der Waals surface area contributed by atoms with E-state index in [1.807, 2.05) is 0 Å². The summed E-state index contributed by atoms with van der Waals surface area (Å²) >= 11 is 1.22. The number of ketones is 1. The van der Waals surface area contributed by atoms with Crippen molar-refractivity contribution in [2.45, 2.75) is 26.4 Å². The van der Waals surface area contributed by atoms with Gasteiger partial charge in [0.1, 0.15) is 11.5 Å². The number of phenols is 1. The number of nitrogens with zero attached hydrogens (tertiary/aromatic N) is 2. The highest BCUT2D eigenvalue weighted by molar-refractivity contribution is 7.14. The third kappa shape index (κ3) is 3.31. The molecule has 0 radical (unpaired) electrons. The van der Waals surface area contributed by atoms with Crippen LogP contribution in [0.3, 0.4) is 0 Å². The summed E-state index contributed by atoms with van der Waals surface area (Å²) in [6.07, 6.45) is 1.49. The second-order valence-corrected chi connectivity index (χ2v) is 7.95. The quantitative estimate of drug-likeness (QED) is 0.620. The molecule has 1 aromatic carbocycles. The second-order valence-electron chi connectivity index (χ2n) is 6.75. The van der Waals surface area contributed by atoms with Gasteiger partial charge in [-0.2, -0.15) is 0 Å². The van der Waals surface area contributed by atoms with Gasteiger partial charge in [0.05, 0.1) is 40.0 Å². The smallest absolute Gasteiger partial charge is 0.290 e. The Morgan fingerprint density at radius 3 is 2.52 bits per heavy atom. The summed E-state index contributed by atoms with van der Waals surface area (Å²) in [5, 5.41) is 21.0. The van der Waals surface area contributed by atoms with E-state index in [-0.39, 0.29) is 17.9 Å². The average Bonchev–Trinajstić information content (AvgIpc) is 3.38. The zero-order valence-electron chi connectivity index (χ0n) is 15.7. The van der Waals surface area contributed by atoms with Crippen molar-refractivity contribution in [2.24, 2.45) is 0 Å². The van der Waals surface area contributed by atoms with Crippen molar-refractivity contribution < 1.29 is 24.2 Å². The van der Waals surface area contributed by atoms with E-state index in [0.29, 0.717) is 21.9 Å². The first-order valence-electron chi connectivity index (χ1n) is 8.91. The number of aromatic hydroxyl groups is 1. The molecular formula is C21H18N2O5S. The van der Waals surface area contributed by atoms with E-state index in [1.165, 1.54) is 34.6 Å². The van der Waals surface area contributed by atoms with Crippen molar-refractivity contribution in [3.05, 3.63) is 80.9 Å². The van der Waals surface area contributed by atoms with Crippen LogP contribution in [0.1, 0.15) is 37.7 Å². The molecule has 1 amide bonds. The van der Waals surface area contributed by atoms with Gasteiger partial charge in [0.2, 0.25) is 5.78 Å². The van der Waals surface area contributed by atoms with Crippen LogP contribution in [0.15, 0.2) is 58.4 Å². The van der Waals surface area contributed by atoms with Crippen LogP contribution in [0, 0.1) is 13.8 Å². The van der Waals surface area contributed by atoms with Gasteiger partial charge in [-0.25, -0.2) is 4.98 Å². The Morgan fingerprint density at radius 2 is 1.93 bits per heavy atom. The number of aliphatic hydroxyl groups excluding tert-OH is 1. The van der Waals surface area contributed by atoms with Gasteiger partial charge < -0.3 is 19.5 Å². The molecule has 1 aliphatic heterocycles. The third-order valence-corrected chi connectivity index (χ3v) is 5.84. The number of carbonyl (C=O) groups is 2. The van der Waals surface area contributed by atoms with E-state index in [9.17, 15) is 19.8 Å². The number of hydrogen-bond acceptors (Lipinski definition) is 7. The normalized spacial score (nSPS) is 16.7. The lowest BCUT2D eigenvalue weighted by atomic mass is 9.95. The molecule has 8 heteroatoms. The van der Waals surface area contributed by atoms with Crippen LogP contribution in [0.25, 0.3) is 0 Å². The Morgan fingerprint density at radius 1 is 1.21 bits per heavy atom. The minimum absolute atomic E-state index is 0.000930. The lowest BCUT2D eigenvalue weighted by molar-refractivity contribution is -0.130. The zero-order valence-corrected chi connectivity index (χ0v) is 16.6. The largest absolute Gasteiger partial charge is 0.508 e. The number of aromatic nitrogens is 1. The van der Waals surface area contributed by atoms with Crippen molar-refractivity contribution in [3.63, 3.8) is 0 Å². The number of aryl methyl sites for hydroxylation is 2. The van der Waals surface area contributed by atoms with Crippen LogP contribution < -0.4 is 0 Å². The number of carbonyl (C=O) groups excluding carboxylic acids is 2. The van der Waals surface area contributed by atoms with Crippen LogP contribution >= 0.6 is 11.3 Å². The molecule has 1 unspecified atom stereocenters. The van der Waals surface area contributed by atoms with Crippen molar-refractivity contribution in [2.75, 3.05) is 0 Å². The topological polar surface area (TPSA) is 104 Å².